The van der Waals surface area contributed by atoms with Crippen molar-refractivity contribution in [2.24, 2.45) is 0 Å². The number of rotatable bonds is 5. The summed E-state index contributed by atoms with van der Waals surface area (Å²) in [5.74, 6) is -1.28. The Morgan fingerprint density at radius 3 is 2.49 bits per heavy atom. The van der Waals surface area contributed by atoms with Crippen LogP contribution in [0.1, 0.15) is 28.4 Å². The molecule has 0 saturated carbocycles. The van der Waals surface area contributed by atoms with Gasteiger partial charge in [0.25, 0.3) is 5.91 Å². The highest BCUT2D eigenvalue weighted by molar-refractivity contribution is 7.90. The summed E-state index contributed by atoms with van der Waals surface area (Å²) in [4.78, 5) is 14.4. The fourth-order valence-electron chi connectivity index (χ4n) is 4.22. The molecule has 1 aliphatic rings. The summed E-state index contributed by atoms with van der Waals surface area (Å²) < 4.78 is 86.5. The number of carbonyl (C=O) groups excluding carboxylic acids is 1. The molecule has 4 rings (SSSR count). The number of alkyl halides is 3. The number of carbonyl (C=O) groups is 1. The van der Waals surface area contributed by atoms with Crippen LogP contribution < -0.4 is 9.47 Å². The summed E-state index contributed by atoms with van der Waals surface area (Å²) in [7, 11) is -3.81. The van der Waals surface area contributed by atoms with Gasteiger partial charge in [0.15, 0.2) is 9.84 Å². The van der Waals surface area contributed by atoms with E-state index in [-0.39, 0.29) is 43.0 Å². The van der Waals surface area contributed by atoms with Crippen LogP contribution in [0.2, 0.25) is 0 Å². The number of hydrogen-bond acceptors (Lipinski definition) is 5. The molecule has 1 amide bonds. The first kappa shape index (κ1) is 26.5. The van der Waals surface area contributed by atoms with Gasteiger partial charge in [-0.1, -0.05) is 25.1 Å². The van der Waals surface area contributed by atoms with E-state index in [0.29, 0.717) is 22.4 Å². The second-order valence-corrected chi connectivity index (χ2v) is 10.5. The van der Waals surface area contributed by atoms with Gasteiger partial charge in [-0.2, -0.15) is 0 Å². The second-order valence-electron chi connectivity index (χ2n) is 8.50. The molecule has 0 aliphatic carbocycles. The summed E-state index contributed by atoms with van der Waals surface area (Å²) in [6.45, 7) is 2.08. The predicted molar refractivity (Wildman–Crippen MR) is 128 cm³/mol. The highest BCUT2D eigenvalue weighted by Gasteiger charge is 2.31. The molecule has 1 heterocycles. The quantitative estimate of drug-likeness (QED) is 0.408. The molecular formula is C26H23F4NO5S. The predicted octanol–water partition coefficient (Wildman–Crippen LogP) is 5.39. The maximum absolute atomic E-state index is 15.0. The summed E-state index contributed by atoms with van der Waals surface area (Å²) in [5.41, 5.74) is 1.73. The lowest BCUT2D eigenvalue weighted by Gasteiger charge is -2.22. The van der Waals surface area contributed by atoms with Crippen LogP contribution in [0, 0.1) is 5.82 Å². The van der Waals surface area contributed by atoms with E-state index in [2.05, 4.69) is 4.74 Å². The van der Waals surface area contributed by atoms with Gasteiger partial charge in [-0.25, -0.2) is 12.8 Å². The summed E-state index contributed by atoms with van der Waals surface area (Å²) >= 11 is 0. The summed E-state index contributed by atoms with van der Waals surface area (Å²) in [6.07, 6.45) is -3.81. The number of fused-ring (bicyclic) bond motifs is 1. The van der Waals surface area contributed by atoms with Crippen LogP contribution in [-0.2, 0) is 22.8 Å². The van der Waals surface area contributed by atoms with Crippen LogP contribution in [0.3, 0.4) is 0 Å². The lowest BCUT2D eigenvalue weighted by molar-refractivity contribution is -0.274. The van der Waals surface area contributed by atoms with Crippen LogP contribution in [-0.4, -0.2) is 45.0 Å². The van der Waals surface area contributed by atoms with Crippen molar-refractivity contribution in [3.8, 4) is 22.6 Å². The Balaban J connectivity index is 1.65. The Bertz CT molecular complexity index is 1450. The molecule has 196 valence electrons. The average Bonchev–Trinajstić information content (AvgIpc) is 3.03. The van der Waals surface area contributed by atoms with Crippen LogP contribution in [0.15, 0.2) is 59.5 Å². The van der Waals surface area contributed by atoms with E-state index in [1.165, 1.54) is 29.2 Å². The molecule has 1 aliphatic heterocycles. The lowest BCUT2D eigenvalue weighted by atomic mass is 10.0. The van der Waals surface area contributed by atoms with Gasteiger partial charge in [0.05, 0.1) is 6.54 Å². The molecule has 0 saturated heterocycles. The van der Waals surface area contributed by atoms with E-state index in [4.69, 9.17) is 4.74 Å². The maximum atomic E-state index is 15.0. The van der Waals surface area contributed by atoms with Crippen molar-refractivity contribution >= 4 is 15.7 Å². The van der Waals surface area contributed by atoms with Crippen molar-refractivity contribution in [1.29, 1.82) is 0 Å². The topological polar surface area (TPSA) is 72.9 Å². The van der Waals surface area contributed by atoms with Gasteiger partial charge in [-0.3, -0.25) is 4.79 Å². The first-order valence-corrected chi connectivity index (χ1v) is 13.2. The van der Waals surface area contributed by atoms with Gasteiger partial charge in [-0.05, 0) is 53.9 Å². The fraction of sp³-hybridized carbons (Fsp3) is 0.269. The van der Waals surface area contributed by atoms with Crippen molar-refractivity contribution in [3.63, 3.8) is 0 Å². The van der Waals surface area contributed by atoms with Crippen molar-refractivity contribution in [2.45, 2.75) is 31.1 Å². The molecule has 37 heavy (non-hydrogen) atoms. The third kappa shape index (κ3) is 5.87. The second kappa shape index (κ2) is 10.0. The van der Waals surface area contributed by atoms with Gasteiger partial charge >= 0.3 is 6.36 Å². The van der Waals surface area contributed by atoms with E-state index in [1.807, 2.05) is 0 Å². The minimum absolute atomic E-state index is 0.00791. The Morgan fingerprint density at radius 1 is 1.08 bits per heavy atom. The molecule has 11 heteroatoms. The average molecular weight is 538 g/mol. The highest BCUT2D eigenvalue weighted by atomic mass is 32.2. The third-order valence-electron chi connectivity index (χ3n) is 5.92. The van der Waals surface area contributed by atoms with Crippen molar-refractivity contribution in [3.05, 3.63) is 77.1 Å². The number of amides is 1. The van der Waals surface area contributed by atoms with E-state index < -0.39 is 32.8 Å². The summed E-state index contributed by atoms with van der Waals surface area (Å²) in [6, 6.07) is 13.0. The van der Waals surface area contributed by atoms with Crippen LogP contribution in [0.4, 0.5) is 17.6 Å². The molecule has 0 spiro atoms. The normalized spacial score (nSPS) is 13.9. The van der Waals surface area contributed by atoms with Crippen LogP contribution in [0.5, 0.6) is 11.5 Å². The molecule has 3 aromatic rings. The third-order valence-corrected chi connectivity index (χ3v) is 7.03. The molecule has 0 radical (unpaired) electrons. The molecule has 0 atom stereocenters. The van der Waals surface area contributed by atoms with E-state index in [9.17, 15) is 30.8 Å². The van der Waals surface area contributed by atoms with Crippen molar-refractivity contribution < 1.29 is 40.2 Å². The minimum Gasteiger partial charge on any atom is -0.491 e. The smallest absolute Gasteiger partial charge is 0.491 e. The minimum atomic E-state index is -4.82. The van der Waals surface area contributed by atoms with Crippen molar-refractivity contribution in [1.82, 2.24) is 4.90 Å². The molecule has 0 N–H and O–H groups in total. The number of nitrogens with zero attached hydrogens (tertiary/aromatic N) is 1. The first-order valence-electron chi connectivity index (χ1n) is 11.3. The Hall–Kier alpha value is -3.60. The van der Waals surface area contributed by atoms with Gasteiger partial charge in [0, 0.05) is 29.5 Å². The number of hydrogen-bond donors (Lipinski definition) is 0. The maximum Gasteiger partial charge on any atom is 0.573 e. The Labute approximate surface area is 211 Å². The number of benzene rings is 3. The molecule has 0 bridgehead atoms. The zero-order chi connectivity index (χ0) is 27.0. The summed E-state index contributed by atoms with van der Waals surface area (Å²) in [5, 5.41) is 0. The van der Waals surface area contributed by atoms with Crippen LogP contribution >= 0.6 is 0 Å². The molecule has 6 nitrogen and oxygen atoms in total. The number of halogens is 4. The molecule has 3 aromatic carbocycles. The molecule has 0 unspecified atom stereocenters. The number of sulfone groups is 1. The van der Waals surface area contributed by atoms with Gasteiger partial charge in [0.1, 0.15) is 28.8 Å². The van der Waals surface area contributed by atoms with Crippen molar-refractivity contribution in [2.75, 3.05) is 19.4 Å². The fourth-order valence-corrected chi connectivity index (χ4v) is 4.99. The molecular weight excluding hydrogens is 514 g/mol. The Kier molecular flexibility index (Phi) is 7.18. The largest absolute Gasteiger partial charge is 0.573 e. The Morgan fingerprint density at radius 2 is 1.81 bits per heavy atom. The SMILES string of the molecule is CCc1c(C(=O)N2CCOc3ccc(-c4cccc(OC(F)(F)F)c4)cc3C2)ccc(S(C)(=O)=O)c1F. The zero-order valence-corrected chi connectivity index (χ0v) is 20.7. The first-order chi connectivity index (χ1) is 17.4. The number of ether oxygens (including phenoxy) is 2. The van der Waals surface area contributed by atoms with E-state index in [1.54, 1.807) is 31.2 Å². The van der Waals surface area contributed by atoms with Gasteiger partial charge in [-0.15, -0.1) is 13.2 Å². The zero-order valence-electron chi connectivity index (χ0n) is 19.9. The monoisotopic (exact) mass is 537 g/mol. The van der Waals surface area contributed by atoms with E-state index >= 15 is 0 Å². The lowest BCUT2D eigenvalue weighted by Crippen LogP contribution is -2.33. The molecule has 0 aromatic heterocycles. The molecule has 0 fully saturated rings. The highest BCUT2D eigenvalue weighted by Crippen LogP contribution is 2.33. The van der Waals surface area contributed by atoms with Gasteiger partial charge in [0.2, 0.25) is 0 Å². The standard InChI is InChI=1S/C26H23F4NO5S/c1-3-20-21(8-10-23(24(20)27)37(2,33)34)25(32)31-11-12-35-22-9-7-17(13-18(22)15-31)16-5-4-6-19(14-16)36-26(28,29)30/h4-10,13-14H,3,11-12,15H2,1-2H3. The van der Waals surface area contributed by atoms with E-state index in [0.717, 1.165) is 12.3 Å². The van der Waals surface area contributed by atoms with Crippen LogP contribution in [0.25, 0.3) is 11.1 Å². The van der Waals surface area contributed by atoms with Gasteiger partial charge < -0.3 is 14.4 Å².